The quantitative estimate of drug-likeness (QED) is 0.685. The number of rotatable bonds is 2. The number of hydrogen-bond donors (Lipinski definition) is 1. The van der Waals surface area contributed by atoms with E-state index >= 15 is 0 Å². The number of aromatic carboxylic acids is 1. The first kappa shape index (κ1) is 7.94. The number of carboxylic acid groups (broad SMARTS) is 1. The summed E-state index contributed by atoms with van der Waals surface area (Å²) in [5, 5.41) is 8.56. The minimum absolute atomic E-state index is 0.0995. The molecule has 0 radical (unpaired) electrons. The van der Waals surface area contributed by atoms with Gasteiger partial charge in [-0.2, -0.15) is 0 Å². The summed E-state index contributed by atoms with van der Waals surface area (Å²) in [4.78, 5) is 21.9. The molecule has 11 heavy (non-hydrogen) atoms. The van der Waals surface area contributed by atoms with Crippen LogP contribution in [0.5, 0.6) is 0 Å². The van der Waals surface area contributed by atoms with Crippen LogP contribution in [-0.4, -0.2) is 17.4 Å². The number of carbonyl (C=O) groups is 2. The molecule has 1 aromatic heterocycles. The van der Waals surface area contributed by atoms with Crippen LogP contribution in [0.1, 0.15) is 24.9 Å². The van der Waals surface area contributed by atoms with Crippen molar-refractivity contribution in [1.29, 1.82) is 0 Å². The summed E-state index contributed by atoms with van der Waals surface area (Å²) in [7, 11) is 0. The van der Waals surface area contributed by atoms with E-state index in [1.54, 1.807) is 6.92 Å². The van der Waals surface area contributed by atoms with Crippen LogP contribution < -0.4 is 0 Å². The van der Waals surface area contributed by atoms with Gasteiger partial charge in [-0.3, -0.25) is 4.79 Å². The number of carboxylic acids is 1. The van der Waals surface area contributed by atoms with Gasteiger partial charge in [0.1, 0.15) is 0 Å². The molecular weight excluding hydrogens is 164 g/mol. The van der Waals surface area contributed by atoms with Gasteiger partial charge < -0.3 is 5.11 Å². The second-order valence-corrected chi connectivity index (χ2v) is 3.35. The SMILES string of the molecule is Cc1cc(C(=O)O)c(C=O)s1. The van der Waals surface area contributed by atoms with E-state index in [1.807, 2.05) is 0 Å². The molecule has 0 aliphatic rings. The summed E-state index contributed by atoms with van der Waals surface area (Å²) in [5.41, 5.74) is 0.0995. The molecule has 1 N–H and O–H groups in total. The fourth-order valence-corrected chi connectivity index (χ4v) is 1.61. The van der Waals surface area contributed by atoms with Crippen LogP contribution >= 0.6 is 11.3 Å². The Bertz CT molecular complexity index is 301. The van der Waals surface area contributed by atoms with Crippen molar-refractivity contribution < 1.29 is 14.7 Å². The second-order valence-electron chi connectivity index (χ2n) is 2.06. The number of aldehydes is 1. The van der Waals surface area contributed by atoms with Crippen molar-refractivity contribution in [2.24, 2.45) is 0 Å². The maximum Gasteiger partial charge on any atom is 0.337 e. The predicted molar refractivity (Wildman–Crippen MR) is 41.4 cm³/mol. The molecule has 1 heterocycles. The minimum Gasteiger partial charge on any atom is -0.478 e. The molecule has 1 aromatic rings. The van der Waals surface area contributed by atoms with E-state index in [0.717, 1.165) is 4.88 Å². The molecule has 3 nitrogen and oxygen atoms in total. The Kier molecular flexibility index (Phi) is 2.05. The van der Waals surface area contributed by atoms with Crippen molar-refractivity contribution >= 4 is 23.6 Å². The van der Waals surface area contributed by atoms with Crippen LogP contribution in [0.2, 0.25) is 0 Å². The molecule has 0 unspecified atom stereocenters. The largest absolute Gasteiger partial charge is 0.478 e. The van der Waals surface area contributed by atoms with Gasteiger partial charge in [0.15, 0.2) is 6.29 Å². The number of aryl methyl sites for hydroxylation is 1. The molecule has 0 aliphatic carbocycles. The third-order valence-corrected chi connectivity index (χ3v) is 2.20. The van der Waals surface area contributed by atoms with Crippen LogP contribution in [0.15, 0.2) is 6.07 Å². The lowest BCUT2D eigenvalue weighted by Crippen LogP contribution is -1.96. The predicted octanol–water partition coefficient (Wildman–Crippen LogP) is 1.57. The molecule has 0 aliphatic heterocycles. The standard InChI is InChI=1S/C7H6O3S/c1-4-2-5(7(9)10)6(3-8)11-4/h2-3H,1H3,(H,9,10). The number of hydrogen-bond acceptors (Lipinski definition) is 3. The Morgan fingerprint density at radius 3 is 2.73 bits per heavy atom. The third-order valence-electron chi connectivity index (χ3n) is 1.22. The van der Waals surface area contributed by atoms with Crippen LogP contribution in [0, 0.1) is 6.92 Å². The summed E-state index contributed by atoms with van der Waals surface area (Å²) in [6.45, 7) is 1.77. The third kappa shape index (κ3) is 1.46. The highest BCUT2D eigenvalue weighted by Gasteiger charge is 2.11. The Balaban J connectivity index is 3.22. The van der Waals surface area contributed by atoms with Crippen molar-refractivity contribution in [2.45, 2.75) is 6.92 Å². The first-order chi connectivity index (χ1) is 5.15. The van der Waals surface area contributed by atoms with Crippen molar-refractivity contribution in [3.63, 3.8) is 0 Å². The Hall–Kier alpha value is -1.16. The highest BCUT2D eigenvalue weighted by atomic mass is 32.1. The second kappa shape index (κ2) is 2.84. The first-order valence-electron chi connectivity index (χ1n) is 2.94. The summed E-state index contributed by atoms with van der Waals surface area (Å²) in [6.07, 6.45) is 0.571. The van der Waals surface area contributed by atoms with Gasteiger partial charge in [-0.25, -0.2) is 4.79 Å². The summed E-state index contributed by atoms with van der Waals surface area (Å²) < 4.78 is 0. The molecule has 0 saturated heterocycles. The fraction of sp³-hybridized carbons (Fsp3) is 0.143. The van der Waals surface area contributed by atoms with Crippen LogP contribution in [0.25, 0.3) is 0 Å². The molecule has 0 spiro atoms. The van der Waals surface area contributed by atoms with Crippen molar-refractivity contribution in [3.8, 4) is 0 Å². The molecular formula is C7H6O3S. The van der Waals surface area contributed by atoms with Gasteiger partial charge in [-0.1, -0.05) is 0 Å². The van der Waals surface area contributed by atoms with Crippen LogP contribution in [0.4, 0.5) is 0 Å². The maximum absolute atomic E-state index is 10.4. The van der Waals surface area contributed by atoms with Gasteiger partial charge in [0, 0.05) is 4.88 Å². The zero-order chi connectivity index (χ0) is 8.43. The summed E-state index contributed by atoms with van der Waals surface area (Å²) in [6, 6.07) is 1.50. The van der Waals surface area contributed by atoms with Gasteiger partial charge in [0.05, 0.1) is 10.4 Å². The van der Waals surface area contributed by atoms with Gasteiger partial charge in [-0.05, 0) is 13.0 Å². The van der Waals surface area contributed by atoms with E-state index in [0.29, 0.717) is 6.29 Å². The molecule has 0 amide bonds. The lowest BCUT2D eigenvalue weighted by atomic mass is 10.2. The van der Waals surface area contributed by atoms with E-state index < -0.39 is 5.97 Å². The van der Waals surface area contributed by atoms with Crippen LogP contribution in [0.3, 0.4) is 0 Å². The average Bonchev–Trinajstić information content (AvgIpc) is 2.30. The van der Waals surface area contributed by atoms with E-state index in [9.17, 15) is 9.59 Å². The normalized spacial score (nSPS) is 9.55. The Morgan fingerprint density at radius 2 is 2.36 bits per heavy atom. The van der Waals surface area contributed by atoms with Crippen molar-refractivity contribution in [3.05, 3.63) is 21.4 Å². The molecule has 58 valence electrons. The zero-order valence-corrected chi connectivity index (χ0v) is 6.64. The maximum atomic E-state index is 10.4. The Morgan fingerprint density at radius 1 is 1.73 bits per heavy atom. The van der Waals surface area contributed by atoms with E-state index in [1.165, 1.54) is 17.4 Å². The first-order valence-corrected chi connectivity index (χ1v) is 3.75. The lowest BCUT2D eigenvalue weighted by Gasteiger charge is -1.85. The highest BCUT2D eigenvalue weighted by molar-refractivity contribution is 7.14. The van der Waals surface area contributed by atoms with Gasteiger partial charge in [0.2, 0.25) is 0 Å². The minimum atomic E-state index is -1.04. The van der Waals surface area contributed by atoms with E-state index in [2.05, 4.69) is 0 Å². The van der Waals surface area contributed by atoms with Gasteiger partial charge in [0.25, 0.3) is 0 Å². The van der Waals surface area contributed by atoms with Gasteiger partial charge in [-0.15, -0.1) is 11.3 Å². The average molecular weight is 170 g/mol. The molecule has 1 rings (SSSR count). The Labute approximate surface area is 67.3 Å². The summed E-state index contributed by atoms with van der Waals surface area (Å²) >= 11 is 1.19. The number of thiophene rings is 1. The zero-order valence-electron chi connectivity index (χ0n) is 5.83. The highest BCUT2D eigenvalue weighted by Crippen LogP contribution is 2.19. The molecule has 0 fully saturated rings. The topological polar surface area (TPSA) is 54.4 Å². The number of carbonyl (C=O) groups excluding carboxylic acids is 1. The molecule has 0 saturated carbocycles. The van der Waals surface area contributed by atoms with Crippen molar-refractivity contribution in [1.82, 2.24) is 0 Å². The van der Waals surface area contributed by atoms with Gasteiger partial charge >= 0.3 is 5.97 Å². The molecule has 0 bridgehead atoms. The molecule has 0 aromatic carbocycles. The smallest absolute Gasteiger partial charge is 0.337 e. The molecule has 0 atom stereocenters. The van der Waals surface area contributed by atoms with Crippen molar-refractivity contribution in [2.75, 3.05) is 0 Å². The monoisotopic (exact) mass is 170 g/mol. The molecule has 4 heteroatoms. The fourth-order valence-electron chi connectivity index (χ4n) is 0.787. The van der Waals surface area contributed by atoms with E-state index in [4.69, 9.17) is 5.11 Å². The van der Waals surface area contributed by atoms with E-state index in [-0.39, 0.29) is 10.4 Å². The van der Waals surface area contributed by atoms with Crippen LogP contribution in [-0.2, 0) is 0 Å². The summed E-state index contributed by atoms with van der Waals surface area (Å²) in [5.74, 6) is -1.04. The lowest BCUT2D eigenvalue weighted by molar-refractivity contribution is 0.0695.